The topological polar surface area (TPSA) is 43.1 Å². The lowest BCUT2D eigenvalue weighted by Crippen LogP contribution is -1.93. The van der Waals surface area contributed by atoms with Crippen molar-refractivity contribution < 1.29 is 4.92 Å². The summed E-state index contributed by atoms with van der Waals surface area (Å²) in [5.74, 6) is 0.288. The predicted molar refractivity (Wildman–Crippen MR) is 56.3 cm³/mol. The molecule has 0 heterocycles. The molecule has 14 heavy (non-hydrogen) atoms. The highest BCUT2D eigenvalue weighted by molar-refractivity contribution is 5.35. The Morgan fingerprint density at radius 2 is 2.07 bits per heavy atom. The molecule has 0 aliphatic rings. The van der Waals surface area contributed by atoms with E-state index in [9.17, 15) is 10.1 Å². The number of non-ortho nitro benzene ring substituents is 1. The number of hydrogen-bond donors (Lipinski definition) is 0. The first-order chi connectivity index (χ1) is 6.69. The van der Waals surface area contributed by atoms with E-state index in [1.54, 1.807) is 12.1 Å². The summed E-state index contributed by atoms with van der Waals surface area (Å²) in [4.78, 5) is 10.0. The van der Waals surface area contributed by atoms with E-state index in [2.05, 4.69) is 13.5 Å². The summed E-state index contributed by atoms with van der Waals surface area (Å²) in [6.45, 7) is 5.80. The van der Waals surface area contributed by atoms with Gasteiger partial charge in [0.1, 0.15) is 0 Å². The lowest BCUT2D eigenvalue weighted by molar-refractivity contribution is -0.384. The van der Waals surface area contributed by atoms with Gasteiger partial charge < -0.3 is 0 Å². The number of hydrogen-bond acceptors (Lipinski definition) is 2. The highest BCUT2D eigenvalue weighted by Gasteiger charge is 2.08. The van der Waals surface area contributed by atoms with Crippen molar-refractivity contribution in [2.45, 2.75) is 19.3 Å². The van der Waals surface area contributed by atoms with Crippen LogP contribution < -0.4 is 0 Å². The van der Waals surface area contributed by atoms with Crippen molar-refractivity contribution in [3.05, 3.63) is 52.6 Å². The number of nitrogens with zero attached hydrogens (tertiary/aromatic N) is 1. The molecular formula is C11H13NO2. The number of benzene rings is 1. The van der Waals surface area contributed by atoms with Gasteiger partial charge in [-0.25, -0.2) is 0 Å². The largest absolute Gasteiger partial charge is 0.269 e. The standard InChI is InChI=1S/C11H13NO2/c1-3-9(4-2)10-5-7-11(8-6-10)12(13)14/h3,5-9H,1,4H2,2H3/t9-/m0/s1. The lowest BCUT2D eigenvalue weighted by atomic mass is 9.97. The van der Waals surface area contributed by atoms with Crippen molar-refractivity contribution >= 4 is 5.69 Å². The van der Waals surface area contributed by atoms with Crippen LogP contribution >= 0.6 is 0 Å². The minimum absolute atomic E-state index is 0.132. The summed E-state index contributed by atoms with van der Waals surface area (Å²) in [5.41, 5.74) is 1.21. The van der Waals surface area contributed by atoms with Crippen LogP contribution in [0.25, 0.3) is 0 Å². The summed E-state index contributed by atoms with van der Waals surface area (Å²) < 4.78 is 0. The Kier molecular flexibility index (Phi) is 3.40. The fourth-order valence-electron chi connectivity index (χ4n) is 1.38. The van der Waals surface area contributed by atoms with E-state index in [4.69, 9.17) is 0 Å². The minimum Gasteiger partial charge on any atom is -0.258 e. The maximum atomic E-state index is 10.4. The normalized spacial score (nSPS) is 12.1. The molecule has 1 aromatic rings. The quantitative estimate of drug-likeness (QED) is 0.416. The summed E-state index contributed by atoms with van der Waals surface area (Å²) in [6, 6.07) is 6.63. The average molecular weight is 191 g/mol. The van der Waals surface area contributed by atoms with Crippen LogP contribution in [0.4, 0.5) is 5.69 Å². The smallest absolute Gasteiger partial charge is 0.258 e. The minimum atomic E-state index is -0.390. The van der Waals surface area contributed by atoms with E-state index in [0.29, 0.717) is 0 Å². The first-order valence-corrected chi connectivity index (χ1v) is 4.56. The molecule has 3 heteroatoms. The number of allylic oxidation sites excluding steroid dienone is 1. The van der Waals surface area contributed by atoms with Crippen molar-refractivity contribution in [1.82, 2.24) is 0 Å². The molecule has 0 aliphatic heterocycles. The van der Waals surface area contributed by atoms with E-state index >= 15 is 0 Å². The van der Waals surface area contributed by atoms with Gasteiger partial charge in [-0.05, 0) is 12.0 Å². The van der Waals surface area contributed by atoms with Gasteiger partial charge in [-0.3, -0.25) is 10.1 Å². The molecule has 74 valence electrons. The molecule has 3 nitrogen and oxygen atoms in total. The molecule has 0 spiro atoms. The van der Waals surface area contributed by atoms with E-state index in [0.717, 1.165) is 12.0 Å². The summed E-state index contributed by atoms with van der Waals surface area (Å²) in [5, 5.41) is 10.4. The third-order valence-corrected chi connectivity index (χ3v) is 2.26. The molecule has 1 atom stereocenters. The van der Waals surface area contributed by atoms with Crippen molar-refractivity contribution in [2.24, 2.45) is 0 Å². The van der Waals surface area contributed by atoms with Gasteiger partial charge in [-0.1, -0.05) is 25.1 Å². The second-order valence-corrected chi connectivity index (χ2v) is 3.10. The Morgan fingerprint density at radius 3 is 2.43 bits per heavy atom. The molecule has 0 radical (unpaired) electrons. The third-order valence-electron chi connectivity index (χ3n) is 2.26. The van der Waals surface area contributed by atoms with Crippen LogP contribution in [0.15, 0.2) is 36.9 Å². The summed E-state index contributed by atoms with van der Waals surface area (Å²) >= 11 is 0. The molecule has 0 fully saturated rings. The molecule has 1 aromatic carbocycles. The van der Waals surface area contributed by atoms with Crippen molar-refractivity contribution in [3.8, 4) is 0 Å². The Labute approximate surface area is 83.2 Å². The molecule has 0 unspecified atom stereocenters. The van der Waals surface area contributed by atoms with Gasteiger partial charge in [0.05, 0.1) is 4.92 Å². The molecule has 0 aromatic heterocycles. The zero-order valence-electron chi connectivity index (χ0n) is 8.14. The Hall–Kier alpha value is -1.64. The zero-order chi connectivity index (χ0) is 10.6. The van der Waals surface area contributed by atoms with Crippen molar-refractivity contribution in [3.63, 3.8) is 0 Å². The molecule has 0 aliphatic carbocycles. The Bertz CT molecular complexity index is 330. The van der Waals surface area contributed by atoms with Gasteiger partial charge in [-0.2, -0.15) is 0 Å². The van der Waals surface area contributed by atoms with E-state index < -0.39 is 4.92 Å². The van der Waals surface area contributed by atoms with Gasteiger partial charge in [0.2, 0.25) is 0 Å². The average Bonchev–Trinajstić information content (AvgIpc) is 2.20. The van der Waals surface area contributed by atoms with E-state index in [1.807, 2.05) is 6.08 Å². The highest BCUT2D eigenvalue weighted by atomic mass is 16.6. The third kappa shape index (κ3) is 2.19. The number of nitro groups is 1. The second kappa shape index (κ2) is 4.56. The van der Waals surface area contributed by atoms with Crippen molar-refractivity contribution in [1.29, 1.82) is 0 Å². The Balaban J connectivity index is 2.92. The van der Waals surface area contributed by atoms with Gasteiger partial charge in [0.15, 0.2) is 0 Å². The maximum Gasteiger partial charge on any atom is 0.269 e. The van der Waals surface area contributed by atoms with E-state index in [1.165, 1.54) is 12.1 Å². The van der Waals surface area contributed by atoms with Gasteiger partial charge in [-0.15, -0.1) is 6.58 Å². The Morgan fingerprint density at radius 1 is 1.50 bits per heavy atom. The van der Waals surface area contributed by atoms with Gasteiger partial charge in [0, 0.05) is 18.1 Å². The second-order valence-electron chi connectivity index (χ2n) is 3.10. The van der Waals surface area contributed by atoms with Crippen LogP contribution in [0.5, 0.6) is 0 Å². The van der Waals surface area contributed by atoms with Crippen LogP contribution in [0.1, 0.15) is 24.8 Å². The molecule has 0 amide bonds. The van der Waals surface area contributed by atoms with Crippen molar-refractivity contribution in [2.75, 3.05) is 0 Å². The van der Waals surface area contributed by atoms with Crippen LogP contribution in [-0.2, 0) is 0 Å². The fourth-order valence-corrected chi connectivity index (χ4v) is 1.38. The molecule has 0 saturated carbocycles. The zero-order valence-corrected chi connectivity index (χ0v) is 8.14. The van der Waals surface area contributed by atoms with Gasteiger partial charge in [0.25, 0.3) is 5.69 Å². The summed E-state index contributed by atoms with van der Waals surface area (Å²) in [6.07, 6.45) is 2.82. The first kappa shape index (κ1) is 10.4. The molecule has 1 rings (SSSR count). The monoisotopic (exact) mass is 191 g/mol. The lowest BCUT2D eigenvalue weighted by Gasteiger charge is -2.08. The molecule has 0 bridgehead atoms. The fraction of sp³-hybridized carbons (Fsp3) is 0.273. The molecule has 0 saturated heterocycles. The maximum absolute atomic E-state index is 10.4. The van der Waals surface area contributed by atoms with Crippen LogP contribution in [-0.4, -0.2) is 4.92 Å². The number of rotatable bonds is 4. The predicted octanol–water partition coefficient (Wildman–Crippen LogP) is 3.27. The summed E-state index contributed by atoms with van der Waals surface area (Å²) in [7, 11) is 0. The first-order valence-electron chi connectivity index (χ1n) is 4.56. The van der Waals surface area contributed by atoms with E-state index in [-0.39, 0.29) is 11.6 Å². The SMILES string of the molecule is C=C[C@@H](CC)c1ccc([N+](=O)[O-])cc1. The molecule has 0 N–H and O–H groups in total. The molecular weight excluding hydrogens is 178 g/mol. The van der Waals surface area contributed by atoms with Crippen LogP contribution in [0.2, 0.25) is 0 Å². The number of nitro benzene ring substituents is 1. The highest BCUT2D eigenvalue weighted by Crippen LogP contribution is 2.22. The van der Waals surface area contributed by atoms with Crippen LogP contribution in [0, 0.1) is 10.1 Å². The van der Waals surface area contributed by atoms with Gasteiger partial charge >= 0.3 is 0 Å². The van der Waals surface area contributed by atoms with Crippen LogP contribution in [0.3, 0.4) is 0 Å².